The molecule has 0 aromatic rings. The van der Waals surface area contributed by atoms with Gasteiger partial charge in [-0.1, -0.05) is 113 Å². The van der Waals surface area contributed by atoms with Crippen molar-refractivity contribution in [3.8, 4) is 0 Å². The normalized spacial score (nSPS) is 27.4. The first-order valence-corrected chi connectivity index (χ1v) is 28.3. The molecule has 0 radical (unpaired) electrons. The van der Waals surface area contributed by atoms with Crippen molar-refractivity contribution in [1.82, 2.24) is 0 Å². The largest absolute Gasteiger partial charge is 0.463 e. The summed E-state index contributed by atoms with van der Waals surface area (Å²) in [6.45, 7) is 26.3. The van der Waals surface area contributed by atoms with Crippen LogP contribution in [0.5, 0.6) is 0 Å². The van der Waals surface area contributed by atoms with E-state index in [-0.39, 0.29) is 50.5 Å². The van der Waals surface area contributed by atoms with Crippen molar-refractivity contribution in [2.75, 3.05) is 19.8 Å². The molecule has 3 aliphatic heterocycles. The third-order valence-corrected chi connectivity index (χ3v) is 17.3. The Morgan fingerprint density at radius 1 is 0.500 bits per heavy atom. The Morgan fingerprint density at radius 3 is 1.39 bits per heavy atom. The van der Waals surface area contributed by atoms with Gasteiger partial charge < -0.3 is 51.8 Å². The molecule has 384 valence electrons. The highest BCUT2D eigenvalue weighted by atomic mass is 28.4. The Bertz CT molecular complexity index is 1460. The van der Waals surface area contributed by atoms with E-state index in [2.05, 4.69) is 40.8 Å². The molecule has 0 unspecified atom stereocenters. The number of carbonyl (C=O) groups is 4. The summed E-state index contributed by atoms with van der Waals surface area (Å²) in [5, 5.41) is -0.0306. The van der Waals surface area contributed by atoms with Gasteiger partial charge in [-0.05, 0) is 71.5 Å². The molecule has 3 heterocycles. The molecule has 0 aromatic heterocycles. The van der Waals surface area contributed by atoms with Crippen molar-refractivity contribution in [1.29, 1.82) is 0 Å². The zero-order valence-corrected chi connectivity index (χ0v) is 44.2. The van der Waals surface area contributed by atoms with Gasteiger partial charge in [-0.2, -0.15) is 0 Å². The Morgan fingerprint density at radius 2 is 0.909 bits per heavy atom. The first-order valence-electron chi connectivity index (χ1n) is 25.4. The number of esters is 4. The molecule has 16 heteroatoms. The molecular formula is C50H90O15Si. The summed E-state index contributed by atoms with van der Waals surface area (Å²) < 4.78 is 70.3. The molecule has 0 aromatic carbocycles. The van der Waals surface area contributed by atoms with E-state index in [1.54, 1.807) is 0 Å². The lowest BCUT2D eigenvalue weighted by Gasteiger charge is -2.44. The van der Waals surface area contributed by atoms with Gasteiger partial charge >= 0.3 is 23.9 Å². The maximum Gasteiger partial charge on any atom is 0.306 e. The minimum Gasteiger partial charge on any atom is -0.463 e. The quantitative estimate of drug-likeness (QED) is 0.0288. The van der Waals surface area contributed by atoms with Crippen LogP contribution in [0.3, 0.4) is 0 Å². The molecule has 0 saturated carbocycles. The van der Waals surface area contributed by atoms with Crippen LogP contribution in [0.15, 0.2) is 0 Å². The van der Waals surface area contributed by atoms with Crippen LogP contribution in [0.25, 0.3) is 0 Å². The van der Waals surface area contributed by atoms with E-state index in [1.165, 1.54) is 0 Å². The number of unbranched alkanes of at least 4 members (excludes halogenated alkanes) is 10. The maximum absolute atomic E-state index is 13.8. The molecule has 3 saturated heterocycles. The summed E-state index contributed by atoms with van der Waals surface area (Å²) in [6.07, 6.45) is 2.81. The van der Waals surface area contributed by atoms with Crippen LogP contribution in [-0.2, 0) is 71.0 Å². The summed E-state index contributed by atoms with van der Waals surface area (Å²) in [6, 6.07) is 0. The van der Waals surface area contributed by atoms with Crippen LogP contribution in [0.2, 0.25) is 18.1 Å². The summed E-state index contributed by atoms with van der Waals surface area (Å²) in [4.78, 5) is 54.1. The van der Waals surface area contributed by atoms with Gasteiger partial charge in [0, 0.05) is 25.7 Å². The predicted molar refractivity (Wildman–Crippen MR) is 252 cm³/mol. The average molecular weight is 959 g/mol. The molecular weight excluding hydrogens is 869 g/mol. The molecule has 15 nitrogen and oxygen atoms in total. The summed E-state index contributed by atoms with van der Waals surface area (Å²) >= 11 is 0. The maximum atomic E-state index is 13.8. The summed E-state index contributed by atoms with van der Waals surface area (Å²) in [7, 11) is -2.18. The van der Waals surface area contributed by atoms with E-state index >= 15 is 0 Å². The fourth-order valence-corrected chi connectivity index (χ4v) is 9.11. The molecule has 0 N–H and O–H groups in total. The second-order valence-electron chi connectivity index (χ2n) is 20.8. The summed E-state index contributed by atoms with van der Waals surface area (Å²) in [5.41, 5.74) is 0. The second kappa shape index (κ2) is 27.9. The number of ether oxygens (including phenoxy) is 10. The molecule has 3 rings (SSSR count). The topological polar surface area (TPSA) is 170 Å². The highest BCUT2D eigenvalue weighted by Gasteiger charge is 2.57. The molecule has 0 bridgehead atoms. The zero-order chi connectivity index (χ0) is 49.1. The van der Waals surface area contributed by atoms with Crippen molar-refractivity contribution in [3.05, 3.63) is 0 Å². The minimum absolute atomic E-state index is 0.0306. The van der Waals surface area contributed by atoms with Gasteiger partial charge in [0.15, 0.2) is 44.5 Å². The van der Waals surface area contributed by atoms with E-state index < -0.39 is 98.9 Å². The SMILES string of the molecule is CCCCCCCC(=O)O[C@@H]1[C@H](OC[C@H]2OC(C)(C)O[C@H]2[C@@H]2OC(C)(C)O[C@@H]2CO[Si](C)(C)C(C)(C)C)O[C@H](COC(=O)CCCCC)[C@@H](OC(=O)CCCCC)[C@@H]1OC(=O)CCCCC. The van der Waals surface area contributed by atoms with Crippen molar-refractivity contribution in [2.45, 2.75) is 277 Å². The lowest BCUT2D eigenvalue weighted by Crippen LogP contribution is -2.63. The fourth-order valence-electron chi connectivity index (χ4n) is 8.10. The van der Waals surface area contributed by atoms with Crippen molar-refractivity contribution < 1.29 is 71.0 Å². The molecule has 0 amide bonds. The van der Waals surface area contributed by atoms with Gasteiger partial charge in [-0.15, -0.1) is 0 Å². The van der Waals surface area contributed by atoms with E-state index in [4.69, 9.17) is 51.8 Å². The van der Waals surface area contributed by atoms with E-state index in [9.17, 15) is 19.2 Å². The molecule has 9 atom stereocenters. The number of carbonyl (C=O) groups excluding carboxylic acids is 4. The second-order valence-corrected chi connectivity index (χ2v) is 25.6. The number of hydrogen-bond acceptors (Lipinski definition) is 15. The van der Waals surface area contributed by atoms with Gasteiger partial charge in [0.25, 0.3) is 0 Å². The Balaban J connectivity index is 2.05. The lowest BCUT2D eigenvalue weighted by atomic mass is 9.97. The van der Waals surface area contributed by atoms with Crippen LogP contribution >= 0.6 is 0 Å². The van der Waals surface area contributed by atoms with E-state index in [1.807, 2.05) is 48.5 Å². The third kappa shape index (κ3) is 19.3. The van der Waals surface area contributed by atoms with Gasteiger partial charge in [-0.3, -0.25) is 19.2 Å². The van der Waals surface area contributed by atoms with Crippen molar-refractivity contribution in [2.24, 2.45) is 0 Å². The highest BCUT2D eigenvalue weighted by molar-refractivity contribution is 6.74. The minimum atomic E-state index is -2.18. The van der Waals surface area contributed by atoms with Crippen molar-refractivity contribution >= 4 is 32.2 Å². The lowest BCUT2D eigenvalue weighted by molar-refractivity contribution is -0.313. The fraction of sp³-hybridized carbons (Fsp3) is 0.920. The summed E-state index contributed by atoms with van der Waals surface area (Å²) in [5.74, 6) is -4.10. The monoisotopic (exact) mass is 959 g/mol. The first kappa shape index (κ1) is 58.1. The van der Waals surface area contributed by atoms with Crippen LogP contribution in [0.1, 0.15) is 192 Å². The predicted octanol–water partition coefficient (Wildman–Crippen LogP) is 10.2. The van der Waals surface area contributed by atoms with Gasteiger partial charge in [0.2, 0.25) is 0 Å². The standard InChI is InChI=1S/C50H90O15Si/c1-14-18-22-23-27-31-41(54)61-46-45(60-40(53)30-26-21-17-4)42(59-39(52)29-25-20-16-3)35(32-55-38(51)28-24-19-15-2)58-47(46)56-33-36-43(64-49(8,9)62-36)44-37(63-50(10,11)65-44)34-57-66(12,13)48(5,6)7/h35-37,42-47H,14-34H2,1-13H3/t35-,36-,37-,42-,43-,44-,45+,46+,47-/m1/s1. The van der Waals surface area contributed by atoms with Crippen LogP contribution in [0, 0.1) is 0 Å². The Labute approximate surface area is 398 Å². The smallest absolute Gasteiger partial charge is 0.306 e. The average Bonchev–Trinajstić information content (AvgIpc) is 3.72. The first-order chi connectivity index (χ1) is 31.1. The number of rotatable bonds is 30. The highest BCUT2D eigenvalue weighted by Crippen LogP contribution is 2.42. The molecule has 3 fully saturated rings. The zero-order valence-electron chi connectivity index (χ0n) is 43.2. The Kier molecular flexibility index (Phi) is 24.5. The van der Waals surface area contributed by atoms with Gasteiger partial charge in [0.05, 0.1) is 13.2 Å². The van der Waals surface area contributed by atoms with Crippen LogP contribution in [0.4, 0.5) is 0 Å². The van der Waals surface area contributed by atoms with Crippen molar-refractivity contribution in [3.63, 3.8) is 0 Å². The molecule has 0 aliphatic carbocycles. The van der Waals surface area contributed by atoms with Gasteiger partial charge in [-0.25, -0.2) is 0 Å². The number of hydrogen-bond donors (Lipinski definition) is 0. The Hall–Kier alpha value is -2.18. The molecule has 3 aliphatic rings. The van der Waals surface area contributed by atoms with E-state index in [0.717, 1.165) is 64.2 Å². The molecule has 0 spiro atoms. The van der Waals surface area contributed by atoms with Crippen LogP contribution < -0.4 is 0 Å². The van der Waals surface area contributed by atoms with Gasteiger partial charge in [0.1, 0.15) is 37.1 Å². The third-order valence-electron chi connectivity index (χ3n) is 12.8. The molecule has 66 heavy (non-hydrogen) atoms. The van der Waals surface area contributed by atoms with Crippen LogP contribution in [-0.4, -0.2) is 119 Å². The van der Waals surface area contributed by atoms with E-state index in [0.29, 0.717) is 25.7 Å².